The second-order valence-electron chi connectivity index (χ2n) is 4.67. The van der Waals surface area contributed by atoms with Gasteiger partial charge in [-0.25, -0.2) is 0 Å². The third kappa shape index (κ3) is 3.29. The van der Waals surface area contributed by atoms with Crippen molar-refractivity contribution in [3.63, 3.8) is 0 Å². The normalized spacial score (nSPS) is 19.2. The van der Waals surface area contributed by atoms with Gasteiger partial charge >= 0.3 is 0 Å². The van der Waals surface area contributed by atoms with Crippen molar-refractivity contribution in [1.29, 1.82) is 5.26 Å². The molecule has 0 radical (unpaired) electrons. The lowest BCUT2D eigenvalue weighted by molar-refractivity contribution is 0.981. The first-order valence-corrected chi connectivity index (χ1v) is 6.00. The van der Waals surface area contributed by atoms with Crippen molar-refractivity contribution in [2.24, 2.45) is 5.73 Å². The molecule has 3 rings (SSSR count). The molecule has 0 amide bonds. The molecule has 20 heavy (non-hydrogen) atoms. The molecule has 2 atom stereocenters. The number of halogens is 2. The molecule has 2 aromatic rings. The van der Waals surface area contributed by atoms with Crippen LogP contribution in [0.3, 0.4) is 0 Å². The highest BCUT2D eigenvalue weighted by Crippen LogP contribution is 2.38. The molecule has 3 nitrogen and oxygen atoms in total. The number of nitriles is 1. The smallest absolute Gasteiger partial charge is 0.0991 e. The van der Waals surface area contributed by atoms with Crippen molar-refractivity contribution in [3.05, 3.63) is 53.7 Å². The fourth-order valence-electron chi connectivity index (χ4n) is 2.11. The van der Waals surface area contributed by atoms with Crippen molar-refractivity contribution in [1.82, 2.24) is 4.98 Å². The predicted molar refractivity (Wildman–Crippen MR) is 84.2 cm³/mol. The monoisotopic (exact) mass is 307 g/mol. The molecule has 0 spiro atoms. The topological polar surface area (TPSA) is 62.7 Å². The summed E-state index contributed by atoms with van der Waals surface area (Å²) in [7, 11) is 0. The molecule has 0 saturated heterocycles. The van der Waals surface area contributed by atoms with E-state index < -0.39 is 0 Å². The molecule has 1 saturated carbocycles. The summed E-state index contributed by atoms with van der Waals surface area (Å²) in [6.07, 6.45) is 2.98. The van der Waals surface area contributed by atoms with Crippen molar-refractivity contribution in [2.75, 3.05) is 0 Å². The zero-order valence-corrected chi connectivity index (χ0v) is 12.3. The molecule has 1 heterocycles. The Kier molecular flexibility index (Phi) is 5.52. The van der Waals surface area contributed by atoms with Crippen LogP contribution in [0.1, 0.15) is 23.5 Å². The standard InChI is InChI=1S/C15H13N3.2ClH/c16-8-10-1-3-11(4-2-10)15-6-5-12(9-18-15)13-7-14(13)17;;/h1-6,9,13-14H,7,17H2;2*1H. The molecular formula is C15H15Cl2N3. The van der Waals surface area contributed by atoms with Crippen molar-refractivity contribution < 1.29 is 0 Å². The number of hydrogen-bond acceptors (Lipinski definition) is 3. The number of rotatable bonds is 2. The minimum Gasteiger partial charge on any atom is -0.327 e. The summed E-state index contributed by atoms with van der Waals surface area (Å²) >= 11 is 0. The quantitative estimate of drug-likeness (QED) is 0.926. The highest BCUT2D eigenvalue weighted by Gasteiger charge is 2.34. The van der Waals surface area contributed by atoms with E-state index in [4.69, 9.17) is 11.0 Å². The number of pyridine rings is 1. The first kappa shape index (κ1) is 16.5. The van der Waals surface area contributed by atoms with Gasteiger partial charge in [0.15, 0.2) is 0 Å². The number of nitrogens with zero attached hydrogens (tertiary/aromatic N) is 2. The molecule has 1 aromatic heterocycles. The Balaban J connectivity index is 0.000001000. The van der Waals surface area contributed by atoms with Gasteiger partial charge in [-0.2, -0.15) is 5.26 Å². The number of aromatic nitrogens is 1. The van der Waals surface area contributed by atoms with E-state index in [1.807, 2.05) is 36.5 Å². The average Bonchev–Trinajstić information content (AvgIpc) is 3.16. The summed E-state index contributed by atoms with van der Waals surface area (Å²) in [5.74, 6) is 0.493. The van der Waals surface area contributed by atoms with Gasteiger partial charge in [0.25, 0.3) is 0 Å². The molecular weight excluding hydrogens is 293 g/mol. The summed E-state index contributed by atoms with van der Waals surface area (Å²) in [6, 6.07) is 14.0. The Hall–Kier alpha value is -1.60. The van der Waals surface area contributed by atoms with E-state index in [0.717, 1.165) is 17.7 Å². The molecule has 2 N–H and O–H groups in total. The first-order valence-electron chi connectivity index (χ1n) is 6.00. The lowest BCUT2D eigenvalue weighted by atomic mass is 10.1. The van der Waals surface area contributed by atoms with Crippen LogP contribution >= 0.6 is 24.8 Å². The summed E-state index contributed by atoms with van der Waals surface area (Å²) in [5, 5.41) is 8.75. The minimum absolute atomic E-state index is 0. The van der Waals surface area contributed by atoms with Gasteiger partial charge in [-0.1, -0.05) is 18.2 Å². The first-order chi connectivity index (χ1) is 8.78. The predicted octanol–water partition coefficient (Wildman–Crippen LogP) is 3.28. The zero-order valence-electron chi connectivity index (χ0n) is 10.7. The molecule has 104 valence electrons. The van der Waals surface area contributed by atoms with Crippen molar-refractivity contribution in [2.45, 2.75) is 18.4 Å². The van der Waals surface area contributed by atoms with E-state index in [2.05, 4.69) is 17.1 Å². The van der Waals surface area contributed by atoms with Crippen LogP contribution in [-0.4, -0.2) is 11.0 Å². The molecule has 1 fully saturated rings. The van der Waals surface area contributed by atoms with Crippen LogP contribution in [0.2, 0.25) is 0 Å². The van der Waals surface area contributed by atoms with Gasteiger partial charge in [-0.05, 0) is 30.2 Å². The largest absolute Gasteiger partial charge is 0.327 e. The molecule has 1 aromatic carbocycles. The molecule has 1 aliphatic rings. The van der Waals surface area contributed by atoms with Gasteiger partial charge in [-0.15, -0.1) is 24.8 Å². The fourth-order valence-corrected chi connectivity index (χ4v) is 2.11. The Morgan fingerprint density at radius 2 is 1.75 bits per heavy atom. The Bertz CT molecular complexity index is 603. The van der Waals surface area contributed by atoms with E-state index in [9.17, 15) is 0 Å². The third-order valence-corrected chi connectivity index (χ3v) is 3.36. The fraction of sp³-hybridized carbons (Fsp3) is 0.200. The highest BCUT2D eigenvalue weighted by atomic mass is 35.5. The van der Waals surface area contributed by atoms with Gasteiger partial charge < -0.3 is 5.73 Å². The minimum atomic E-state index is 0. The van der Waals surface area contributed by atoms with E-state index >= 15 is 0 Å². The average molecular weight is 308 g/mol. The summed E-state index contributed by atoms with van der Waals surface area (Å²) < 4.78 is 0. The van der Waals surface area contributed by atoms with E-state index in [1.54, 1.807) is 0 Å². The second-order valence-corrected chi connectivity index (χ2v) is 4.67. The maximum atomic E-state index is 8.75. The Labute approximate surface area is 130 Å². The lowest BCUT2D eigenvalue weighted by Crippen LogP contribution is -2.01. The van der Waals surface area contributed by atoms with Gasteiger partial charge in [0.2, 0.25) is 0 Å². The third-order valence-electron chi connectivity index (χ3n) is 3.36. The van der Waals surface area contributed by atoms with Crippen LogP contribution in [-0.2, 0) is 0 Å². The number of nitrogens with two attached hydrogens (primary N) is 1. The number of hydrogen-bond donors (Lipinski definition) is 1. The zero-order chi connectivity index (χ0) is 12.5. The molecule has 2 unspecified atom stereocenters. The van der Waals surface area contributed by atoms with Crippen molar-refractivity contribution >= 4 is 24.8 Å². The van der Waals surface area contributed by atoms with E-state index in [1.165, 1.54) is 5.56 Å². The van der Waals surface area contributed by atoms with Crippen molar-refractivity contribution in [3.8, 4) is 17.3 Å². The summed E-state index contributed by atoms with van der Waals surface area (Å²) in [4.78, 5) is 4.46. The second kappa shape index (κ2) is 6.71. The Morgan fingerprint density at radius 1 is 1.10 bits per heavy atom. The van der Waals surface area contributed by atoms with Gasteiger partial charge in [0.05, 0.1) is 17.3 Å². The SMILES string of the molecule is Cl.Cl.N#Cc1ccc(-c2ccc(C3CC3N)cn2)cc1. The van der Waals surface area contributed by atoms with Crippen LogP contribution in [0, 0.1) is 11.3 Å². The highest BCUT2D eigenvalue weighted by molar-refractivity contribution is 5.85. The lowest BCUT2D eigenvalue weighted by Gasteiger charge is -2.03. The maximum Gasteiger partial charge on any atom is 0.0991 e. The molecule has 5 heteroatoms. The Morgan fingerprint density at radius 3 is 2.20 bits per heavy atom. The summed E-state index contributed by atoms with van der Waals surface area (Å²) in [6.45, 7) is 0. The van der Waals surface area contributed by atoms with Crippen LogP contribution in [0.25, 0.3) is 11.3 Å². The van der Waals surface area contributed by atoms with E-state index in [0.29, 0.717) is 17.5 Å². The van der Waals surface area contributed by atoms with Gasteiger partial charge in [-0.3, -0.25) is 4.98 Å². The summed E-state index contributed by atoms with van der Waals surface area (Å²) in [5.41, 5.74) is 9.67. The molecule has 0 aliphatic heterocycles. The van der Waals surface area contributed by atoms with Crippen LogP contribution in [0.15, 0.2) is 42.6 Å². The van der Waals surface area contributed by atoms with Gasteiger partial charge in [0, 0.05) is 23.7 Å². The maximum absolute atomic E-state index is 8.75. The van der Waals surface area contributed by atoms with E-state index in [-0.39, 0.29) is 24.8 Å². The number of benzene rings is 1. The van der Waals surface area contributed by atoms with Crippen LogP contribution in [0.5, 0.6) is 0 Å². The van der Waals surface area contributed by atoms with Gasteiger partial charge in [0.1, 0.15) is 0 Å². The molecule has 1 aliphatic carbocycles. The molecule has 0 bridgehead atoms. The van der Waals surface area contributed by atoms with Crippen LogP contribution < -0.4 is 5.73 Å². The van der Waals surface area contributed by atoms with Crippen LogP contribution in [0.4, 0.5) is 0 Å².